The van der Waals surface area contributed by atoms with Crippen molar-refractivity contribution in [3.8, 4) is 28.4 Å². The molecule has 5 nitrogen and oxygen atoms in total. The first-order valence-electron chi connectivity index (χ1n) is 10.3. The van der Waals surface area contributed by atoms with E-state index in [1.807, 2.05) is 30.5 Å². The van der Waals surface area contributed by atoms with Crippen LogP contribution < -0.4 is 4.74 Å². The van der Waals surface area contributed by atoms with Crippen molar-refractivity contribution in [1.29, 1.82) is 0 Å². The van der Waals surface area contributed by atoms with Crippen molar-refractivity contribution in [2.75, 3.05) is 26.7 Å². The van der Waals surface area contributed by atoms with Gasteiger partial charge in [-0.25, -0.2) is 0 Å². The van der Waals surface area contributed by atoms with Crippen molar-refractivity contribution in [3.63, 3.8) is 0 Å². The van der Waals surface area contributed by atoms with Crippen LogP contribution in [0.4, 0.5) is 0 Å². The summed E-state index contributed by atoms with van der Waals surface area (Å²) < 4.78 is 13.7. The molecule has 0 radical (unpaired) electrons. The lowest BCUT2D eigenvalue weighted by atomic mass is 10.1. The van der Waals surface area contributed by atoms with Gasteiger partial charge in [0.2, 0.25) is 0 Å². The number of halogens is 1. The molecule has 6 heteroatoms. The van der Waals surface area contributed by atoms with Crippen LogP contribution in [-0.2, 0) is 6.54 Å². The zero-order chi connectivity index (χ0) is 20.5. The van der Waals surface area contributed by atoms with Crippen LogP contribution in [0.25, 0.3) is 33.6 Å². The van der Waals surface area contributed by atoms with E-state index in [9.17, 15) is 0 Å². The van der Waals surface area contributed by atoms with Gasteiger partial charge in [-0.15, -0.1) is 0 Å². The van der Waals surface area contributed by atoms with Crippen LogP contribution >= 0.6 is 11.6 Å². The molecule has 0 unspecified atom stereocenters. The molecule has 154 valence electrons. The molecule has 0 atom stereocenters. The fraction of sp³-hybridized carbons (Fsp3) is 0.292. The van der Waals surface area contributed by atoms with Crippen LogP contribution in [0.2, 0.25) is 5.02 Å². The molecule has 0 bridgehead atoms. The average Bonchev–Trinajstić information content (AvgIpc) is 3.52. The van der Waals surface area contributed by atoms with Gasteiger partial charge in [-0.2, -0.15) is 5.10 Å². The minimum Gasteiger partial charge on any atom is -0.496 e. The Hall–Kier alpha value is -2.76. The maximum Gasteiger partial charge on any atom is 0.138 e. The van der Waals surface area contributed by atoms with Crippen LogP contribution in [0.1, 0.15) is 12.8 Å². The molecule has 2 aromatic carbocycles. The Balaban J connectivity index is 1.39. The summed E-state index contributed by atoms with van der Waals surface area (Å²) >= 11 is 6.08. The van der Waals surface area contributed by atoms with E-state index < -0.39 is 0 Å². The second kappa shape index (κ2) is 8.17. The van der Waals surface area contributed by atoms with E-state index in [1.165, 1.54) is 25.9 Å². The monoisotopic (exact) mass is 421 g/mol. The summed E-state index contributed by atoms with van der Waals surface area (Å²) in [5.41, 5.74) is 3.06. The van der Waals surface area contributed by atoms with Gasteiger partial charge >= 0.3 is 0 Å². The second-order valence-corrected chi connectivity index (χ2v) is 8.13. The van der Waals surface area contributed by atoms with Crippen LogP contribution in [0.15, 0.2) is 59.1 Å². The van der Waals surface area contributed by atoms with Crippen LogP contribution in [0, 0.1) is 0 Å². The van der Waals surface area contributed by atoms with Crippen molar-refractivity contribution in [1.82, 2.24) is 14.7 Å². The fourth-order valence-electron chi connectivity index (χ4n) is 4.17. The molecule has 0 aliphatic carbocycles. The lowest BCUT2D eigenvalue weighted by Gasteiger charge is -2.14. The molecule has 1 aliphatic rings. The summed E-state index contributed by atoms with van der Waals surface area (Å²) in [6.07, 6.45) is 4.57. The third-order valence-corrected chi connectivity index (χ3v) is 6.02. The number of benzene rings is 2. The van der Waals surface area contributed by atoms with Crippen molar-refractivity contribution in [2.24, 2.45) is 0 Å². The summed E-state index contributed by atoms with van der Waals surface area (Å²) in [7, 11) is 1.63. The number of hydrogen-bond acceptors (Lipinski definition) is 4. The number of methoxy groups -OCH3 is 1. The van der Waals surface area contributed by atoms with Crippen molar-refractivity contribution >= 4 is 22.5 Å². The highest BCUT2D eigenvalue weighted by Gasteiger charge is 2.14. The molecule has 0 amide bonds. The number of furan rings is 1. The predicted octanol–water partition coefficient (Wildman–Crippen LogP) is 5.72. The molecule has 0 saturated carbocycles. The van der Waals surface area contributed by atoms with Gasteiger partial charge in [0, 0.05) is 22.5 Å². The van der Waals surface area contributed by atoms with E-state index in [2.05, 4.69) is 32.9 Å². The minimum atomic E-state index is 0.634. The highest BCUT2D eigenvalue weighted by Crippen LogP contribution is 2.36. The van der Waals surface area contributed by atoms with Crippen LogP contribution in [-0.4, -0.2) is 41.4 Å². The predicted molar refractivity (Wildman–Crippen MR) is 120 cm³/mol. The number of hydrogen-bond donors (Lipinski definition) is 0. The maximum atomic E-state index is 6.15. The Morgan fingerprint density at radius 2 is 1.83 bits per heavy atom. The summed E-state index contributed by atoms with van der Waals surface area (Å²) in [6, 6.07) is 15.9. The molecule has 5 rings (SSSR count). The van der Waals surface area contributed by atoms with Gasteiger partial charge in [0.15, 0.2) is 0 Å². The SMILES string of the molecule is COc1cc(Cl)ccc1-c1ccc(-c2ccc3c(cnn3CCN3CCCC3)c2)o1. The second-order valence-electron chi connectivity index (χ2n) is 7.70. The van der Waals surface area contributed by atoms with Crippen molar-refractivity contribution in [3.05, 3.63) is 59.8 Å². The van der Waals surface area contributed by atoms with E-state index in [0.29, 0.717) is 10.8 Å². The molecule has 2 aromatic heterocycles. The lowest BCUT2D eigenvalue weighted by Crippen LogP contribution is -2.24. The first kappa shape index (κ1) is 19.2. The maximum absolute atomic E-state index is 6.15. The Bertz CT molecular complexity index is 1170. The van der Waals surface area contributed by atoms with E-state index in [-0.39, 0.29) is 0 Å². The molecule has 3 heterocycles. The van der Waals surface area contributed by atoms with E-state index in [0.717, 1.165) is 46.6 Å². The Morgan fingerprint density at radius 3 is 2.67 bits per heavy atom. The molecule has 0 N–H and O–H groups in total. The fourth-order valence-corrected chi connectivity index (χ4v) is 4.33. The Labute approximate surface area is 180 Å². The topological polar surface area (TPSA) is 43.4 Å². The summed E-state index contributed by atoms with van der Waals surface area (Å²) in [4.78, 5) is 2.51. The number of fused-ring (bicyclic) bond motifs is 1. The molecule has 30 heavy (non-hydrogen) atoms. The number of aromatic nitrogens is 2. The number of rotatable bonds is 6. The van der Waals surface area contributed by atoms with E-state index >= 15 is 0 Å². The number of nitrogens with zero attached hydrogens (tertiary/aromatic N) is 3. The van der Waals surface area contributed by atoms with Gasteiger partial charge in [-0.3, -0.25) is 4.68 Å². The third kappa shape index (κ3) is 3.71. The summed E-state index contributed by atoms with van der Waals surface area (Å²) in [6.45, 7) is 4.40. The van der Waals surface area contributed by atoms with Gasteiger partial charge in [-0.05, 0) is 74.5 Å². The third-order valence-electron chi connectivity index (χ3n) is 5.79. The van der Waals surface area contributed by atoms with Gasteiger partial charge in [-0.1, -0.05) is 11.6 Å². The van der Waals surface area contributed by atoms with E-state index in [1.54, 1.807) is 13.2 Å². The molecule has 0 spiro atoms. The molecular weight excluding hydrogens is 398 g/mol. The Kier molecular flexibility index (Phi) is 5.23. The normalized spacial score (nSPS) is 14.6. The first-order valence-corrected chi connectivity index (χ1v) is 10.7. The summed E-state index contributed by atoms with van der Waals surface area (Å²) in [5.74, 6) is 2.26. The van der Waals surface area contributed by atoms with Gasteiger partial charge in [0.1, 0.15) is 17.3 Å². The largest absolute Gasteiger partial charge is 0.496 e. The standard InChI is InChI=1S/C24H24ClN3O2/c1-29-24-15-19(25)5-6-20(24)23-9-8-22(30-23)17-4-7-21-18(14-17)16-26-28(21)13-12-27-10-2-3-11-27/h4-9,14-16H,2-3,10-13H2,1H3. The molecule has 1 fully saturated rings. The Morgan fingerprint density at radius 1 is 1.00 bits per heavy atom. The molecule has 4 aromatic rings. The number of ether oxygens (including phenoxy) is 1. The zero-order valence-corrected chi connectivity index (χ0v) is 17.7. The van der Waals surface area contributed by atoms with E-state index in [4.69, 9.17) is 20.8 Å². The quantitative estimate of drug-likeness (QED) is 0.399. The lowest BCUT2D eigenvalue weighted by molar-refractivity contribution is 0.318. The van der Waals surface area contributed by atoms with Crippen LogP contribution in [0.5, 0.6) is 5.75 Å². The van der Waals surface area contributed by atoms with Gasteiger partial charge in [0.05, 0.1) is 30.9 Å². The first-order chi connectivity index (χ1) is 14.7. The highest BCUT2D eigenvalue weighted by molar-refractivity contribution is 6.30. The van der Waals surface area contributed by atoms with Gasteiger partial charge in [0.25, 0.3) is 0 Å². The molecule has 1 aliphatic heterocycles. The highest BCUT2D eigenvalue weighted by atomic mass is 35.5. The minimum absolute atomic E-state index is 0.634. The van der Waals surface area contributed by atoms with Crippen LogP contribution in [0.3, 0.4) is 0 Å². The molecule has 1 saturated heterocycles. The van der Waals surface area contributed by atoms with Crippen molar-refractivity contribution < 1.29 is 9.15 Å². The van der Waals surface area contributed by atoms with Crippen molar-refractivity contribution in [2.45, 2.75) is 19.4 Å². The summed E-state index contributed by atoms with van der Waals surface area (Å²) in [5, 5.41) is 6.36. The number of likely N-dealkylation sites (tertiary alicyclic amines) is 1. The van der Waals surface area contributed by atoms with Gasteiger partial charge < -0.3 is 14.1 Å². The molecular formula is C24H24ClN3O2. The zero-order valence-electron chi connectivity index (χ0n) is 17.0. The smallest absolute Gasteiger partial charge is 0.138 e. The average molecular weight is 422 g/mol.